The van der Waals surface area contributed by atoms with Crippen molar-refractivity contribution in [3.05, 3.63) is 35.4 Å². The van der Waals surface area contributed by atoms with Crippen molar-refractivity contribution >= 4 is 18.3 Å². The molecule has 2 aliphatic carbocycles. The lowest BCUT2D eigenvalue weighted by atomic mass is 9.70. The Labute approximate surface area is 139 Å². The molecule has 0 heterocycles. The number of fused-ring (bicyclic) bond motifs is 1. The summed E-state index contributed by atoms with van der Waals surface area (Å²) in [5, 5.41) is 3.31. The minimum atomic E-state index is -0.378. The van der Waals surface area contributed by atoms with Crippen molar-refractivity contribution in [3.63, 3.8) is 0 Å². The van der Waals surface area contributed by atoms with E-state index in [1.165, 1.54) is 17.5 Å². The first-order chi connectivity index (χ1) is 10.1. The molecule has 3 nitrogen and oxygen atoms in total. The average Bonchev–Trinajstić information content (AvgIpc) is 2.95. The molecule has 3 unspecified atom stereocenters. The number of carbonyl (C=O) groups excluding carboxylic acids is 1. The van der Waals surface area contributed by atoms with E-state index in [0.717, 1.165) is 32.1 Å². The van der Waals surface area contributed by atoms with Crippen LogP contribution in [0.5, 0.6) is 0 Å². The fourth-order valence-electron chi connectivity index (χ4n) is 4.12. The third-order valence-corrected chi connectivity index (χ3v) is 5.51. The fourth-order valence-corrected chi connectivity index (χ4v) is 4.12. The SMILES string of the molecule is CC1(C(=O)NC2CCCC2CN)CCCc2ccccc21.Cl. The number of nitrogens with one attached hydrogen (secondary N) is 1. The molecule has 3 atom stereocenters. The van der Waals surface area contributed by atoms with Gasteiger partial charge in [0, 0.05) is 6.04 Å². The minimum Gasteiger partial charge on any atom is -0.352 e. The maximum absolute atomic E-state index is 12.9. The molecule has 1 amide bonds. The summed E-state index contributed by atoms with van der Waals surface area (Å²) in [7, 11) is 0. The fraction of sp³-hybridized carbons (Fsp3) is 0.611. The van der Waals surface area contributed by atoms with Gasteiger partial charge in [-0.2, -0.15) is 0 Å². The zero-order valence-electron chi connectivity index (χ0n) is 13.3. The van der Waals surface area contributed by atoms with Crippen LogP contribution in [0.4, 0.5) is 0 Å². The maximum Gasteiger partial charge on any atom is 0.230 e. The highest BCUT2D eigenvalue weighted by Crippen LogP contribution is 2.38. The van der Waals surface area contributed by atoms with Crippen LogP contribution >= 0.6 is 12.4 Å². The molecule has 0 radical (unpaired) electrons. The Kier molecular flexibility index (Phi) is 5.51. The van der Waals surface area contributed by atoms with Gasteiger partial charge >= 0.3 is 0 Å². The van der Waals surface area contributed by atoms with E-state index in [-0.39, 0.29) is 29.8 Å². The second-order valence-corrected chi connectivity index (χ2v) is 6.85. The van der Waals surface area contributed by atoms with Gasteiger partial charge in [-0.25, -0.2) is 0 Å². The Hall–Kier alpha value is -1.06. The van der Waals surface area contributed by atoms with Crippen LogP contribution in [0.1, 0.15) is 50.2 Å². The van der Waals surface area contributed by atoms with Crippen molar-refractivity contribution in [2.24, 2.45) is 11.7 Å². The molecule has 0 bridgehead atoms. The van der Waals surface area contributed by atoms with E-state index in [0.29, 0.717) is 12.5 Å². The van der Waals surface area contributed by atoms with Crippen molar-refractivity contribution in [3.8, 4) is 0 Å². The van der Waals surface area contributed by atoms with Crippen LogP contribution in [-0.4, -0.2) is 18.5 Å². The van der Waals surface area contributed by atoms with Crippen LogP contribution in [0.2, 0.25) is 0 Å². The molecule has 1 aromatic carbocycles. The number of rotatable bonds is 3. The Morgan fingerprint density at radius 1 is 1.32 bits per heavy atom. The number of amides is 1. The van der Waals surface area contributed by atoms with Gasteiger partial charge in [0.15, 0.2) is 0 Å². The Balaban J connectivity index is 0.00000176. The highest BCUT2D eigenvalue weighted by atomic mass is 35.5. The lowest BCUT2D eigenvalue weighted by Gasteiger charge is -2.36. The van der Waals surface area contributed by atoms with Gasteiger partial charge in [0.05, 0.1) is 5.41 Å². The highest BCUT2D eigenvalue weighted by molar-refractivity contribution is 5.88. The molecular weight excluding hydrogens is 296 g/mol. The molecule has 4 heteroatoms. The van der Waals surface area contributed by atoms with Crippen molar-refractivity contribution in [1.29, 1.82) is 0 Å². The van der Waals surface area contributed by atoms with Gasteiger partial charge < -0.3 is 11.1 Å². The molecule has 122 valence electrons. The first-order valence-electron chi connectivity index (χ1n) is 8.24. The normalized spacial score (nSPS) is 30.3. The Morgan fingerprint density at radius 2 is 2.09 bits per heavy atom. The number of hydrogen-bond acceptors (Lipinski definition) is 2. The molecule has 0 spiro atoms. The molecule has 1 aromatic rings. The van der Waals surface area contributed by atoms with Gasteiger partial charge in [-0.3, -0.25) is 4.79 Å². The van der Waals surface area contributed by atoms with Crippen LogP contribution < -0.4 is 11.1 Å². The molecule has 0 saturated heterocycles. The minimum absolute atomic E-state index is 0. The molecule has 0 aromatic heterocycles. The number of aryl methyl sites for hydroxylation is 1. The van der Waals surface area contributed by atoms with E-state index >= 15 is 0 Å². The molecule has 1 fully saturated rings. The van der Waals surface area contributed by atoms with E-state index in [1.807, 2.05) is 6.07 Å². The van der Waals surface area contributed by atoms with E-state index < -0.39 is 0 Å². The molecule has 3 N–H and O–H groups in total. The number of halogens is 1. The number of benzene rings is 1. The standard InChI is InChI=1S/C18H26N2O.ClH/c1-18(11-5-8-13-6-2-3-9-15(13)18)17(21)20-16-10-4-7-14(16)12-19;/h2-3,6,9,14,16H,4-5,7-8,10-12,19H2,1H3,(H,20,21);1H. The first-order valence-corrected chi connectivity index (χ1v) is 8.24. The van der Waals surface area contributed by atoms with Gasteiger partial charge in [0.2, 0.25) is 5.91 Å². The van der Waals surface area contributed by atoms with Crippen LogP contribution in [0, 0.1) is 5.92 Å². The predicted octanol–water partition coefficient (Wildman–Crippen LogP) is 2.95. The van der Waals surface area contributed by atoms with E-state index in [2.05, 4.69) is 30.4 Å². The maximum atomic E-state index is 12.9. The van der Waals surface area contributed by atoms with Gasteiger partial charge in [0.1, 0.15) is 0 Å². The summed E-state index contributed by atoms with van der Waals surface area (Å²) in [5.74, 6) is 0.649. The third kappa shape index (κ3) is 3.02. The molecule has 0 aliphatic heterocycles. The second-order valence-electron chi connectivity index (χ2n) is 6.85. The van der Waals surface area contributed by atoms with Crippen molar-refractivity contribution in [2.75, 3.05) is 6.54 Å². The van der Waals surface area contributed by atoms with Crippen LogP contribution in [0.15, 0.2) is 24.3 Å². The summed E-state index contributed by atoms with van der Waals surface area (Å²) in [6.45, 7) is 2.78. The van der Waals surface area contributed by atoms with Gasteiger partial charge in [-0.1, -0.05) is 30.7 Å². The van der Waals surface area contributed by atoms with Gasteiger partial charge in [0.25, 0.3) is 0 Å². The summed E-state index contributed by atoms with van der Waals surface area (Å²) in [5.41, 5.74) is 8.01. The number of nitrogens with two attached hydrogens (primary N) is 1. The van der Waals surface area contributed by atoms with E-state index in [4.69, 9.17) is 5.73 Å². The molecule has 1 saturated carbocycles. The lowest BCUT2D eigenvalue weighted by Crippen LogP contribution is -2.50. The zero-order chi connectivity index (χ0) is 14.9. The molecule has 22 heavy (non-hydrogen) atoms. The predicted molar refractivity (Wildman–Crippen MR) is 92.3 cm³/mol. The molecular formula is C18H27ClN2O. The quantitative estimate of drug-likeness (QED) is 0.899. The Morgan fingerprint density at radius 3 is 2.86 bits per heavy atom. The van der Waals surface area contributed by atoms with E-state index in [9.17, 15) is 4.79 Å². The summed E-state index contributed by atoms with van der Waals surface area (Å²) in [6.07, 6.45) is 6.52. The first kappa shape index (κ1) is 17.3. The van der Waals surface area contributed by atoms with Crippen LogP contribution in [0.25, 0.3) is 0 Å². The van der Waals surface area contributed by atoms with E-state index in [1.54, 1.807) is 0 Å². The smallest absolute Gasteiger partial charge is 0.230 e. The summed E-state index contributed by atoms with van der Waals surface area (Å²) in [6, 6.07) is 8.69. The number of carbonyl (C=O) groups is 1. The van der Waals surface area contributed by atoms with Gasteiger partial charge in [-0.15, -0.1) is 12.4 Å². The summed E-state index contributed by atoms with van der Waals surface area (Å²) in [4.78, 5) is 12.9. The number of hydrogen-bond donors (Lipinski definition) is 2. The zero-order valence-corrected chi connectivity index (χ0v) is 14.1. The van der Waals surface area contributed by atoms with Crippen LogP contribution in [-0.2, 0) is 16.6 Å². The second kappa shape index (κ2) is 7.01. The van der Waals surface area contributed by atoms with Crippen LogP contribution in [0.3, 0.4) is 0 Å². The topological polar surface area (TPSA) is 55.1 Å². The van der Waals surface area contributed by atoms with Crippen molar-refractivity contribution in [1.82, 2.24) is 5.32 Å². The van der Waals surface area contributed by atoms with Gasteiger partial charge in [-0.05, 0) is 62.6 Å². The molecule has 2 aliphatic rings. The lowest BCUT2D eigenvalue weighted by molar-refractivity contribution is -0.127. The average molecular weight is 323 g/mol. The third-order valence-electron chi connectivity index (χ3n) is 5.51. The largest absolute Gasteiger partial charge is 0.352 e. The summed E-state index contributed by atoms with van der Waals surface area (Å²) < 4.78 is 0. The molecule has 3 rings (SSSR count). The van der Waals surface area contributed by atoms with Crippen molar-refractivity contribution < 1.29 is 4.79 Å². The Bertz CT molecular complexity index is 534. The summed E-state index contributed by atoms with van der Waals surface area (Å²) >= 11 is 0. The van der Waals surface area contributed by atoms with Crippen molar-refractivity contribution in [2.45, 2.75) is 56.9 Å². The highest BCUT2D eigenvalue weighted by Gasteiger charge is 2.40. The monoisotopic (exact) mass is 322 g/mol.